The molecule has 7 heterocycles. The van der Waals surface area contributed by atoms with Crippen LogP contribution in [0.2, 0.25) is 15.5 Å². The molecule has 7 rings (SSSR count). The number of nitro groups is 5. The van der Waals surface area contributed by atoms with Crippen LogP contribution in [0.25, 0.3) is 0 Å². The standard InChI is InChI=1S/C8H8N4O3.C6H4ClN3O3.C6H3ClN2O4.C6H5ClN2O2.C6H6N2O3.C6H8N2/c9-7(13)6-3-5(12(14)15)4-10-8(6)11-1-2-11;7-5-4(6(8)11)1-3(2-9-5)10(12)13;7-5-4(6(10)11)1-3(2-8-5)9(12)13;1-4-2-5(9(10)11)3-8-6(4)7;1-4-2-5(8(10)11)3-7-6(4)9;1-5-3-2-4-8-6(5)7/h3-4H,1-2H2,(H2,9,13);1-2H,(H2,8,11);1-2H,(H,10,11);2-3H,1H3;2-3H,1H3,(H,7,9);2-4H,1H3,(H2,7,8). The number of nitrogens with two attached hydrogens (primary N) is 3. The van der Waals surface area contributed by atoms with Crippen LogP contribution in [-0.4, -0.2) is 90.5 Å². The van der Waals surface area contributed by atoms with Crippen LogP contribution in [0.3, 0.4) is 0 Å². The van der Waals surface area contributed by atoms with Gasteiger partial charge in [0.15, 0.2) is 0 Å². The largest absolute Gasteiger partial charge is 0.478 e. The number of aromatic carboxylic acids is 1. The second-order valence-corrected chi connectivity index (χ2v) is 14.4. The molecule has 6 aromatic heterocycles. The summed E-state index contributed by atoms with van der Waals surface area (Å²) in [7, 11) is 0. The second kappa shape index (κ2) is 26.8. The van der Waals surface area contributed by atoms with Gasteiger partial charge in [-0.2, -0.15) is 0 Å². The summed E-state index contributed by atoms with van der Waals surface area (Å²) >= 11 is 16.4. The van der Waals surface area contributed by atoms with Gasteiger partial charge in [0.05, 0.1) is 41.9 Å². The maximum absolute atomic E-state index is 11.1. The first kappa shape index (κ1) is 57.7. The van der Waals surface area contributed by atoms with Gasteiger partial charge >= 0.3 is 5.97 Å². The van der Waals surface area contributed by atoms with Gasteiger partial charge in [0.1, 0.15) is 57.4 Å². The van der Waals surface area contributed by atoms with Crippen LogP contribution in [0.1, 0.15) is 47.8 Å². The van der Waals surface area contributed by atoms with E-state index in [9.17, 15) is 69.7 Å². The molecule has 0 radical (unpaired) electrons. The van der Waals surface area contributed by atoms with Crippen molar-refractivity contribution < 1.29 is 44.1 Å². The Bertz CT molecular complexity index is 2970. The number of nitrogens with zero attached hydrogens (tertiary/aromatic N) is 11. The van der Waals surface area contributed by atoms with Crippen LogP contribution in [0.5, 0.6) is 0 Å². The minimum absolute atomic E-state index is 0.0353. The van der Waals surface area contributed by atoms with E-state index in [1.807, 2.05) is 24.0 Å². The average Bonchev–Trinajstić information content (AvgIpc) is 4.16. The van der Waals surface area contributed by atoms with Crippen molar-refractivity contribution in [3.05, 3.63) is 189 Å². The maximum atomic E-state index is 11.1. The number of halogens is 3. The summed E-state index contributed by atoms with van der Waals surface area (Å²) in [4.78, 5) is 113. The lowest BCUT2D eigenvalue weighted by atomic mass is 10.2. The zero-order chi connectivity index (χ0) is 53.9. The number of amides is 2. The van der Waals surface area contributed by atoms with Crippen molar-refractivity contribution in [1.82, 2.24) is 29.9 Å². The Labute approximate surface area is 410 Å². The Hall–Kier alpha value is -9.42. The quantitative estimate of drug-likeness (QED) is 0.0516. The van der Waals surface area contributed by atoms with Crippen molar-refractivity contribution >= 4 is 92.7 Å². The third kappa shape index (κ3) is 18.6. The molecular formula is C38H34Cl3N15O15. The Balaban J connectivity index is 0.000000295. The van der Waals surface area contributed by atoms with E-state index in [0.29, 0.717) is 27.9 Å². The summed E-state index contributed by atoms with van der Waals surface area (Å²) in [5.74, 6) is -1.85. The number of carboxylic acids is 1. The molecule has 1 saturated heterocycles. The molecule has 0 spiro atoms. The van der Waals surface area contributed by atoms with E-state index in [1.54, 1.807) is 13.1 Å². The second-order valence-electron chi connectivity index (χ2n) is 13.3. The summed E-state index contributed by atoms with van der Waals surface area (Å²) in [6.45, 7) is 6.71. The molecule has 0 atom stereocenters. The third-order valence-electron chi connectivity index (χ3n) is 8.19. The SMILES string of the molecule is Cc1cc([N+](=O)[O-])c[nH]c1=O.Cc1cc([N+](=O)[O-])cnc1Cl.Cc1cccnc1N.NC(=O)c1cc([N+](=O)[O-])cnc1Cl.NC(=O)c1cc([N+](=O)[O-])cnc1N1CC1.O=C(O)c1cc([N+](=O)[O-])cnc1Cl. The van der Waals surface area contributed by atoms with E-state index in [1.165, 1.54) is 19.1 Å². The molecular weight excluding hydrogens is 1010 g/mol. The molecule has 33 heteroatoms. The minimum Gasteiger partial charge on any atom is -0.478 e. The van der Waals surface area contributed by atoms with E-state index in [0.717, 1.165) is 67.8 Å². The molecule has 372 valence electrons. The van der Waals surface area contributed by atoms with Crippen LogP contribution in [0.15, 0.2) is 84.4 Å². The third-order valence-corrected chi connectivity index (χ3v) is 9.19. The lowest BCUT2D eigenvalue weighted by Crippen LogP contribution is -2.15. The highest BCUT2D eigenvalue weighted by atomic mass is 35.5. The molecule has 8 N–H and O–H groups in total. The molecule has 0 aliphatic carbocycles. The van der Waals surface area contributed by atoms with Gasteiger partial charge in [0.25, 0.3) is 45.8 Å². The van der Waals surface area contributed by atoms with E-state index >= 15 is 0 Å². The minimum atomic E-state index is -1.35. The van der Waals surface area contributed by atoms with Crippen molar-refractivity contribution in [2.75, 3.05) is 23.7 Å². The number of pyridine rings is 6. The zero-order valence-electron chi connectivity index (χ0n) is 36.4. The number of nitrogens with one attached hydrogen (secondary N) is 1. The topological polar surface area (TPSA) is 466 Å². The first-order valence-corrected chi connectivity index (χ1v) is 19.9. The van der Waals surface area contributed by atoms with Crippen LogP contribution >= 0.6 is 34.8 Å². The fraction of sp³-hybridized carbons (Fsp3) is 0.132. The summed E-state index contributed by atoms with van der Waals surface area (Å²) in [6, 6.07) is 9.42. The number of carbonyl (C=O) groups is 3. The normalized spacial score (nSPS) is 10.4. The fourth-order valence-corrected chi connectivity index (χ4v) is 4.95. The van der Waals surface area contributed by atoms with Gasteiger partial charge in [0.2, 0.25) is 0 Å². The van der Waals surface area contributed by atoms with Crippen molar-refractivity contribution in [3.8, 4) is 0 Å². The highest BCUT2D eigenvalue weighted by Gasteiger charge is 2.26. The fourth-order valence-electron chi connectivity index (χ4n) is 4.47. The van der Waals surface area contributed by atoms with E-state index in [4.69, 9.17) is 57.1 Å². The van der Waals surface area contributed by atoms with Crippen molar-refractivity contribution in [3.63, 3.8) is 0 Å². The van der Waals surface area contributed by atoms with Crippen molar-refractivity contribution in [2.45, 2.75) is 20.8 Å². The first-order valence-electron chi connectivity index (χ1n) is 18.8. The Morgan fingerprint density at radius 2 is 1.01 bits per heavy atom. The summed E-state index contributed by atoms with van der Waals surface area (Å²) in [5.41, 5.74) is 15.6. The summed E-state index contributed by atoms with van der Waals surface area (Å²) in [6.07, 6.45) is 6.87. The number of hydrogen-bond donors (Lipinski definition) is 5. The number of aromatic amines is 1. The average molecular weight is 1050 g/mol. The molecule has 0 bridgehead atoms. The Morgan fingerprint density at radius 3 is 1.39 bits per heavy atom. The predicted octanol–water partition coefficient (Wildman–Crippen LogP) is 5.51. The van der Waals surface area contributed by atoms with Crippen LogP contribution < -0.4 is 27.7 Å². The molecule has 0 saturated carbocycles. The Kier molecular flexibility index (Phi) is 21.8. The predicted molar refractivity (Wildman–Crippen MR) is 251 cm³/mol. The summed E-state index contributed by atoms with van der Waals surface area (Å²) in [5, 5.41) is 59.7. The number of aromatic nitrogens is 6. The molecule has 6 aromatic rings. The number of primary amides is 2. The van der Waals surface area contributed by atoms with Crippen LogP contribution in [0, 0.1) is 71.3 Å². The lowest BCUT2D eigenvalue weighted by Gasteiger charge is -2.05. The number of carboxylic acid groups (broad SMARTS) is 1. The number of nitrogen functional groups attached to an aromatic ring is 1. The zero-order valence-corrected chi connectivity index (χ0v) is 38.6. The number of carbonyl (C=O) groups excluding carboxylic acids is 2. The van der Waals surface area contributed by atoms with Crippen LogP contribution in [0.4, 0.5) is 40.1 Å². The van der Waals surface area contributed by atoms with Gasteiger partial charge in [-0.1, -0.05) is 40.9 Å². The van der Waals surface area contributed by atoms with Crippen LogP contribution in [-0.2, 0) is 0 Å². The molecule has 1 fully saturated rings. The molecule has 1 aliphatic heterocycles. The number of rotatable bonds is 9. The molecule has 71 heavy (non-hydrogen) atoms. The molecule has 30 nitrogen and oxygen atoms in total. The van der Waals surface area contributed by atoms with E-state index in [-0.39, 0.29) is 55.3 Å². The van der Waals surface area contributed by atoms with Crippen molar-refractivity contribution in [1.29, 1.82) is 0 Å². The van der Waals surface area contributed by atoms with Gasteiger partial charge in [-0.3, -0.25) is 65.0 Å². The smallest absolute Gasteiger partial charge is 0.339 e. The lowest BCUT2D eigenvalue weighted by molar-refractivity contribution is -0.385. The molecule has 2 amide bonds. The molecule has 0 aromatic carbocycles. The number of H-pyrrole nitrogens is 1. The van der Waals surface area contributed by atoms with Crippen molar-refractivity contribution in [2.24, 2.45) is 11.5 Å². The number of aryl methyl sites for hydroxylation is 3. The van der Waals surface area contributed by atoms with E-state index in [2.05, 4.69) is 29.9 Å². The highest BCUT2D eigenvalue weighted by molar-refractivity contribution is 6.33. The monoisotopic (exact) mass is 1050 g/mol. The number of hydrogen-bond acceptors (Lipinski definition) is 21. The maximum Gasteiger partial charge on any atom is 0.339 e. The van der Waals surface area contributed by atoms with Gasteiger partial charge in [0, 0.05) is 55.2 Å². The van der Waals surface area contributed by atoms with Gasteiger partial charge in [-0.25, -0.2) is 29.7 Å². The first-order chi connectivity index (χ1) is 33.2. The Morgan fingerprint density at radius 1 is 0.606 bits per heavy atom. The van der Waals surface area contributed by atoms with Gasteiger partial charge in [-0.05, 0) is 38.0 Å². The molecule has 1 aliphatic rings. The van der Waals surface area contributed by atoms with Gasteiger partial charge in [-0.15, -0.1) is 0 Å². The molecule has 0 unspecified atom stereocenters. The highest BCUT2D eigenvalue weighted by Crippen LogP contribution is 2.26. The number of anilines is 2. The summed E-state index contributed by atoms with van der Waals surface area (Å²) < 4.78 is 0. The van der Waals surface area contributed by atoms with Gasteiger partial charge < -0.3 is 32.2 Å². The van der Waals surface area contributed by atoms with E-state index < -0.39 is 48.1 Å².